The van der Waals surface area contributed by atoms with Crippen LogP contribution in [0.15, 0.2) is 12.4 Å². The Morgan fingerprint density at radius 3 is 2.71 bits per heavy atom. The van der Waals surface area contributed by atoms with Crippen LogP contribution in [0.5, 0.6) is 0 Å². The lowest BCUT2D eigenvalue weighted by atomic mass is 10.4. The van der Waals surface area contributed by atoms with Crippen LogP contribution in [0.4, 0.5) is 13.2 Å². The molecule has 0 amide bonds. The molecule has 0 spiro atoms. The van der Waals surface area contributed by atoms with Crippen molar-refractivity contribution in [1.29, 1.82) is 0 Å². The van der Waals surface area contributed by atoms with E-state index in [0.29, 0.717) is 6.54 Å². The zero-order valence-corrected chi connectivity index (χ0v) is 8.11. The van der Waals surface area contributed by atoms with Gasteiger partial charge in [0.05, 0.1) is 12.7 Å². The average molecular weight is 225 g/mol. The Bertz CT molecular complexity index is 284. The summed E-state index contributed by atoms with van der Waals surface area (Å²) >= 11 is -0.0468. The minimum absolute atomic E-state index is 0.0325. The molecule has 0 saturated carbocycles. The van der Waals surface area contributed by atoms with Crippen LogP contribution in [-0.4, -0.2) is 21.0 Å². The molecular formula is C7H10F3N3S. The lowest BCUT2D eigenvalue weighted by Gasteiger charge is -2.04. The fourth-order valence-corrected chi connectivity index (χ4v) is 1.40. The van der Waals surface area contributed by atoms with Crippen molar-refractivity contribution in [3.05, 3.63) is 18.0 Å². The molecule has 0 aliphatic rings. The molecule has 14 heavy (non-hydrogen) atoms. The quantitative estimate of drug-likeness (QED) is 0.846. The van der Waals surface area contributed by atoms with Gasteiger partial charge in [-0.15, -0.1) is 0 Å². The Morgan fingerprint density at radius 2 is 2.21 bits per heavy atom. The zero-order chi connectivity index (χ0) is 10.6. The van der Waals surface area contributed by atoms with Crippen molar-refractivity contribution < 1.29 is 13.2 Å². The van der Waals surface area contributed by atoms with Crippen LogP contribution in [0.1, 0.15) is 5.56 Å². The summed E-state index contributed by atoms with van der Waals surface area (Å²) in [5.41, 5.74) is 1.98. The minimum atomic E-state index is -4.16. The fraction of sp³-hybridized carbons (Fsp3) is 0.571. The molecule has 0 aliphatic heterocycles. The predicted octanol–water partition coefficient (Wildman–Crippen LogP) is 1.59. The zero-order valence-electron chi connectivity index (χ0n) is 7.29. The standard InChI is InChI=1S/C7H10F3N3S/c8-7(9,10)14-2-1-13-5-6(3-11)4-12-13/h4-5H,1-3,11H2. The van der Waals surface area contributed by atoms with Gasteiger partial charge in [-0.3, -0.25) is 4.68 Å². The summed E-state index contributed by atoms with van der Waals surface area (Å²) in [6, 6.07) is 0. The number of halogens is 3. The van der Waals surface area contributed by atoms with Gasteiger partial charge in [0.2, 0.25) is 0 Å². The minimum Gasteiger partial charge on any atom is -0.326 e. The molecule has 0 radical (unpaired) electrons. The van der Waals surface area contributed by atoms with E-state index >= 15 is 0 Å². The monoisotopic (exact) mass is 225 g/mol. The summed E-state index contributed by atoms with van der Waals surface area (Å²) in [7, 11) is 0. The van der Waals surface area contributed by atoms with Crippen molar-refractivity contribution in [1.82, 2.24) is 9.78 Å². The maximum atomic E-state index is 11.7. The molecule has 0 aromatic carbocycles. The van der Waals surface area contributed by atoms with E-state index in [1.807, 2.05) is 0 Å². The molecule has 0 unspecified atom stereocenters. The van der Waals surface area contributed by atoms with Gasteiger partial charge in [-0.05, 0) is 11.8 Å². The fourth-order valence-electron chi connectivity index (χ4n) is 0.889. The lowest BCUT2D eigenvalue weighted by molar-refractivity contribution is -0.0328. The Labute approximate surface area is 83.5 Å². The first-order chi connectivity index (χ1) is 6.51. The number of hydrogen-bond acceptors (Lipinski definition) is 3. The normalized spacial score (nSPS) is 12.0. The number of rotatable bonds is 4. The van der Waals surface area contributed by atoms with E-state index in [2.05, 4.69) is 5.10 Å². The highest BCUT2D eigenvalue weighted by atomic mass is 32.2. The van der Waals surface area contributed by atoms with Crippen molar-refractivity contribution in [3.63, 3.8) is 0 Å². The van der Waals surface area contributed by atoms with Gasteiger partial charge in [-0.25, -0.2) is 0 Å². The molecular weight excluding hydrogens is 215 g/mol. The summed E-state index contributed by atoms with van der Waals surface area (Å²) in [6.45, 7) is 0.594. The highest BCUT2D eigenvalue weighted by Gasteiger charge is 2.27. The Kier molecular flexibility index (Phi) is 3.82. The third kappa shape index (κ3) is 4.01. The van der Waals surface area contributed by atoms with Gasteiger partial charge in [0, 0.05) is 24.1 Å². The van der Waals surface area contributed by atoms with Crippen LogP contribution >= 0.6 is 11.8 Å². The molecule has 0 bridgehead atoms. The number of aromatic nitrogens is 2. The molecule has 3 nitrogen and oxygen atoms in total. The summed E-state index contributed by atoms with van der Waals surface area (Å²) < 4.78 is 36.7. The van der Waals surface area contributed by atoms with Crippen molar-refractivity contribution in [2.45, 2.75) is 18.6 Å². The third-order valence-electron chi connectivity index (χ3n) is 1.51. The molecule has 0 fully saturated rings. The molecule has 0 saturated heterocycles. The van der Waals surface area contributed by atoms with Crippen LogP contribution in [-0.2, 0) is 13.1 Å². The van der Waals surface area contributed by atoms with Crippen LogP contribution in [0.2, 0.25) is 0 Å². The molecule has 2 N–H and O–H groups in total. The van der Waals surface area contributed by atoms with E-state index in [0.717, 1.165) is 5.56 Å². The first-order valence-corrected chi connectivity index (χ1v) is 4.92. The maximum absolute atomic E-state index is 11.7. The van der Waals surface area contributed by atoms with Gasteiger partial charge in [-0.2, -0.15) is 18.3 Å². The molecule has 7 heteroatoms. The Balaban J connectivity index is 2.31. The topological polar surface area (TPSA) is 43.8 Å². The van der Waals surface area contributed by atoms with Crippen LogP contribution in [0.25, 0.3) is 0 Å². The van der Waals surface area contributed by atoms with E-state index in [1.54, 1.807) is 12.4 Å². The number of aryl methyl sites for hydroxylation is 1. The second-order valence-electron chi connectivity index (χ2n) is 2.61. The van der Waals surface area contributed by atoms with Gasteiger partial charge < -0.3 is 5.73 Å². The number of nitrogens with zero attached hydrogens (tertiary/aromatic N) is 2. The number of hydrogen-bond donors (Lipinski definition) is 1. The average Bonchev–Trinajstić information content (AvgIpc) is 2.50. The first kappa shape index (κ1) is 11.4. The van der Waals surface area contributed by atoms with E-state index in [4.69, 9.17) is 5.73 Å². The van der Waals surface area contributed by atoms with Crippen molar-refractivity contribution in [2.24, 2.45) is 5.73 Å². The van der Waals surface area contributed by atoms with Gasteiger partial charge in [0.25, 0.3) is 0 Å². The van der Waals surface area contributed by atoms with Crippen molar-refractivity contribution in [3.8, 4) is 0 Å². The highest BCUT2D eigenvalue weighted by molar-refractivity contribution is 8.00. The SMILES string of the molecule is NCc1cnn(CCSC(F)(F)F)c1. The molecule has 1 heterocycles. The van der Waals surface area contributed by atoms with Crippen molar-refractivity contribution >= 4 is 11.8 Å². The van der Waals surface area contributed by atoms with Crippen molar-refractivity contribution in [2.75, 3.05) is 5.75 Å². The van der Waals surface area contributed by atoms with Crippen LogP contribution in [0.3, 0.4) is 0 Å². The molecule has 1 rings (SSSR count). The van der Waals surface area contributed by atoms with E-state index in [1.165, 1.54) is 4.68 Å². The van der Waals surface area contributed by atoms with Crippen LogP contribution in [0, 0.1) is 0 Å². The second kappa shape index (κ2) is 4.70. The van der Waals surface area contributed by atoms with Gasteiger partial charge in [-0.1, -0.05) is 0 Å². The third-order valence-corrected chi connectivity index (χ3v) is 2.22. The van der Waals surface area contributed by atoms with Gasteiger partial charge in [0.1, 0.15) is 0 Å². The van der Waals surface area contributed by atoms with Gasteiger partial charge in [0.15, 0.2) is 0 Å². The largest absolute Gasteiger partial charge is 0.441 e. The predicted molar refractivity (Wildman–Crippen MR) is 48.6 cm³/mol. The number of nitrogens with two attached hydrogens (primary N) is 1. The molecule has 80 valence electrons. The first-order valence-electron chi connectivity index (χ1n) is 3.93. The van der Waals surface area contributed by atoms with E-state index < -0.39 is 5.51 Å². The Morgan fingerprint density at radius 1 is 1.50 bits per heavy atom. The summed E-state index contributed by atoms with van der Waals surface area (Å²) in [5, 5.41) is 3.86. The number of thioether (sulfide) groups is 1. The summed E-state index contributed by atoms with van der Waals surface area (Å²) in [6.07, 6.45) is 3.20. The smallest absolute Gasteiger partial charge is 0.326 e. The van der Waals surface area contributed by atoms with Gasteiger partial charge >= 0.3 is 5.51 Å². The molecule has 1 aromatic heterocycles. The summed E-state index contributed by atoms with van der Waals surface area (Å²) in [5.74, 6) is -0.0325. The van der Waals surface area contributed by atoms with E-state index in [-0.39, 0.29) is 24.1 Å². The van der Waals surface area contributed by atoms with Crippen LogP contribution < -0.4 is 5.73 Å². The second-order valence-corrected chi connectivity index (χ2v) is 3.77. The maximum Gasteiger partial charge on any atom is 0.441 e. The van der Waals surface area contributed by atoms with E-state index in [9.17, 15) is 13.2 Å². The lowest BCUT2D eigenvalue weighted by Crippen LogP contribution is -2.07. The molecule has 0 aliphatic carbocycles. The molecule has 0 atom stereocenters. The summed E-state index contributed by atoms with van der Waals surface area (Å²) in [4.78, 5) is 0. The molecule has 1 aromatic rings. The Hall–Kier alpha value is -0.690. The number of alkyl halides is 3. The highest BCUT2D eigenvalue weighted by Crippen LogP contribution is 2.29.